The zero-order valence-electron chi connectivity index (χ0n) is 20.5. The number of anilines is 1. The molecule has 0 fully saturated rings. The van der Waals surface area contributed by atoms with Crippen molar-refractivity contribution in [2.75, 3.05) is 11.4 Å². The van der Waals surface area contributed by atoms with E-state index in [1.165, 1.54) is 4.90 Å². The van der Waals surface area contributed by atoms with Crippen LogP contribution in [0.2, 0.25) is 0 Å². The first-order valence-corrected chi connectivity index (χ1v) is 11.1. The largest absolute Gasteiger partial charge is 0.444 e. The Hall–Kier alpha value is -3.34. The summed E-state index contributed by atoms with van der Waals surface area (Å²) in [6, 6.07) is 3.63. The molecule has 11 heteroatoms. The number of hydrogen-bond acceptors (Lipinski definition) is 6. The Morgan fingerprint density at radius 1 is 1.09 bits per heavy atom. The molecule has 0 aliphatic carbocycles. The number of benzene rings is 1. The van der Waals surface area contributed by atoms with Crippen molar-refractivity contribution in [3.05, 3.63) is 29.8 Å². The number of ether oxygens (including phenoxy) is 1. The fourth-order valence-corrected chi connectivity index (χ4v) is 3.23. The molecule has 1 rings (SSSR count). The summed E-state index contributed by atoms with van der Waals surface area (Å²) >= 11 is 0. The Bertz CT molecular complexity index is 850. The highest BCUT2D eigenvalue weighted by molar-refractivity contribution is 6.04. The lowest BCUT2D eigenvalue weighted by atomic mass is 9.99. The third-order valence-corrected chi connectivity index (χ3v) is 4.83. The number of alkyl carbamates (subject to hydrolysis) is 1. The molecular weight excluding hydrogens is 442 g/mol. The number of primary amides is 2. The van der Waals surface area contributed by atoms with E-state index in [4.69, 9.17) is 16.2 Å². The molecule has 0 heterocycles. The number of nitrogens with two attached hydrogens (primary N) is 2. The first-order chi connectivity index (χ1) is 15.8. The van der Waals surface area contributed by atoms with Gasteiger partial charge in [-0.15, -0.1) is 0 Å². The van der Waals surface area contributed by atoms with Crippen molar-refractivity contribution in [3.8, 4) is 0 Å². The third-order valence-electron chi connectivity index (χ3n) is 4.83. The summed E-state index contributed by atoms with van der Waals surface area (Å²) < 4.78 is 5.30. The topological polar surface area (TPSA) is 177 Å². The van der Waals surface area contributed by atoms with Crippen molar-refractivity contribution in [2.24, 2.45) is 17.4 Å². The van der Waals surface area contributed by atoms with E-state index in [9.17, 15) is 24.3 Å². The molecule has 0 aliphatic rings. The van der Waals surface area contributed by atoms with E-state index in [-0.39, 0.29) is 25.5 Å². The minimum atomic E-state index is -1.07. The smallest absolute Gasteiger partial charge is 0.408 e. The van der Waals surface area contributed by atoms with E-state index in [0.29, 0.717) is 17.7 Å². The first kappa shape index (κ1) is 28.7. The van der Waals surface area contributed by atoms with Crippen molar-refractivity contribution in [3.63, 3.8) is 0 Å². The summed E-state index contributed by atoms with van der Waals surface area (Å²) in [7, 11) is 0. The molecule has 1 aromatic carbocycles. The highest BCUT2D eigenvalue weighted by Crippen LogP contribution is 2.24. The molecule has 7 N–H and O–H groups in total. The van der Waals surface area contributed by atoms with Gasteiger partial charge in [0.05, 0.1) is 6.61 Å². The van der Waals surface area contributed by atoms with Crippen LogP contribution in [0.25, 0.3) is 0 Å². The van der Waals surface area contributed by atoms with Gasteiger partial charge in [-0.3, -0.25) is 14.5 Å². The second kappa shape index (κ2) is 12.8. The molecular formula is C23H37N5O6. The van der Waals surface area contributed by atoms with Gasteiger partial charge in [0.15, 0.2) is 0 Å². The normalized spacial score (nSPS) is 13.0. The Morgan fingerprint density at radius 3 is 2.12 bits per heavy atom. The standard InChI is InChI=1S/C23H37N5O6/c1-14(2)18(27-22(33)34-23(3,4)5)20(31)28(16-10-8-15(13-29)9-11-16)17(19(24)30)7-6-12-26-21(25)32/h8-11,14,17-18,29H,6-7,12-13H2,1-5H3,(H2,24,30)(H,27,33)(H3,25,26,32)/t17-,18-/m0/s1. The van der Waals surface area contributed by atoms with Crippen LogP contribution in [0.4, 0.5) is 15.3 Å². The number of amides is 5. The van der Waals surface area contributed by atoms with Gasteiger partial charge in [0.2, 0.25) is 5.91 Å². The number of hydrogen-bond donors (Lipinski definition) is 5. The molecule has 0 unspecified atom stereocenters. The molecule has 34 heavy (non-hydrogen) atoms. The number of aliphatic hydroxyl groups is 1. The lowest BCUT2D eigenvalue weighted by molar-refractivity contribution is -0.126. The molecule has 0 saturated carbocycles. The Balaban J connectivity index is 3.33. The molecule has 0 saturated heterocycles. The van der Waals surface area contributed by atoms with E-state index < -0.39 is 41.6 Å². The third kappa shape index (κ3) is 9.26. The van der Waals surface area contributed by atoms with Gasteiger partial charge in [-0.2, -0.15) is 0 Å². The molecule has 0 aliphatic heterocycles. The average Bonchev–Trinajstić information content (AvgIpc) is 2.72. The SMILES string of the molecule is CC(C)[C@H](NC(=O)OC(C)(C)C)C(=O)N(c1ccc(CO)cc1)[C@@H](CCCNC(N)=O)C(N)=O. The van der Waals surface area contributed by atoms with Crippen LogP contribution in [0.3, 0.4) is 0 Å². The predicted molar refractivity (Wildman–Crippen MR) is 128 cm³/mol. The molecule has 2 atom stereocenters. The van der Waals surface area contributed by atoms with Gasteiger partial charge >= 0.3 is 12.1 Å². The van der Waals surface area contributed by atoms with Crippen LogP contribution in [0.1, 0.15) is 53.0 Å². The molecule has 0 bridgehead atoms. The van der Waals surface area contributed by atoms with Crippen LogP contribution >= 0.6 is 0 Å². The van der Waals surface area contributed by atoms with Crippen LogP contribution in [0, 0.1) is 5.92 Å². The minimum absolute atomic E-state index is 0.139. The maximum Gasteiger partial charge on any atom is 0.408 e. The monoisotopic (exact) mass is 479 g/mol. The predicted octanol–water partition coefficient (Wildman–Crippen LogP) is 1.36. The number of aliphatic hydroxyl groups excluding tert-OH is 1. The van der Waals surface area contributed by atoms with Crippen LogP contribution in [0.15, 0.2) is 24.3 Å². The van der Waals surface area contributed by atoms with Gasteiger partial charge < -0.3 is 31.9 Å². The van der Waals surface area contributed by atoms with Crippen molar-refractivity contribution >= 4 is 29.6 Å². The maximum atomic E-state index is 13.7. The highest BCUT2D eigenvalue weighted by atomic mass is 16.6. The van der Waals surface area contributed by atoms with Gasteiger partial charge in [0.25, 0.3) is 5.91 Å². The first-order valence-electron chi connectivity index (χ1n) is 11.1. The van der Waals surface area contributed by atoms with Crippen LogP contribution < -0.4 is 27.0 Å². The lowest BCUT2D eigenvalue weighted by Gasteiger charge is -2.35. The van der Waals surface area contributed by atoms with Gasteiger partial charge in [-0.05, 0) is 57.2 Å². The lowest BCUT2D eigenvalue weighted by Crippen LogP contribution is -2.57. The number of carbonyl (C=O) groups is 4. The second-order valence-electron chi connectivity index (χ2n) is 9.25. The second-order valence-corrected chi connectivity index (χ2v) is 9.25. The van der Waals surface area contributed by atoms with Crippen molar-refractivity contribution < 1.29 is 29.0 Å². The van der Waals surface area contributed by atoms with Gasteiger partial charge in [-0.25, -0.2) is 9.59 Å². The summed E-state index contributed by atoms with van der Waals surface area (Å²) in [6.45, 7) is 8.62. The minimum Gasteiger partial charge on any atom is -0.444 e. The maximum absolute atomic E-state index is 13.7. The van der Waals surface area contributed by atoms with Gasteiger partial charge in [0, 0.05) is 12.2 Å². The molecule has 11 nitrogen and oxygen atoms in total. The number of urea groups is 1. The summed E-state index contributed by atoms with van der Waals surface area (Å²) in [5.41, 5.74) is 11.0. The van der Waals surface area contributed by atoms with Crippen LogP contribution in [-0.4, -0.2) is 53.3 Å². The summed E-state index contributed by atoms with van der Waals surface area (Å²) in [6.07, 6.45) is -0.308. The van der Waals surface area contributed by atoms with E-state index in [1.807, 2.05) is 0 Å². The van der Waals surface area contributed by atoms with E-state index >= 15 is 0 Å². The highest BCUT2D eigenvalue weighted by Gasteiger charge is 2.36. The van der Waals surface area contributed by atoms with Crippen molar-refractivity contribution in [1.82, 2.24) is 10.6 Å². The summed E-state index contributed by atoms with van der Waals surface area (Å²) in [5, 5.41) is 14.4. The zero-order chi connectivity index (χ0) is 26.1. The Kier molecular flexibility index (Phi) is 10.8. The fourth-order valence-electron chi connectivity index (χ4n) is 3.23. The van der Waals surface area contributed by atoms with Crippen LogP contribution in [0.5, 0.6) is 0 Å². The van der Waals surface area contributed by atoms with Gasteiger partial charge in [-0.1, -0.05) is 26.0 Å². The van der Waals surface area contributed by atoms with E-state index in [0.717, 1.165) is 0 Å². The number of rotatable bonds is 11. The van der Waals surface area contributed by atoms with Crippen molar-refractivity contribution in [1.29, 1.82) is 0 Å². The van der Waals surface area contributed by atoms with Crippen LogP contribution in [-0.2, 0) is 20.9 Å². The number of nitrogens with zero attached hydrogens (tertiary/aromatic N) is 1. The molecule has 0 radical (unpaired) electrons. The molecule has 1 aromatic rings. The quantitative estimate of drug-likeness (QED) is 0.299. The number of carbonyl (C=O) groups excluding carboxylic acids is 4. The Labute approximate surface area is 200 Å². The molecule has 0 spiro atoms. The summed E-state index contributed by atoms with van der Waals surface area (Å²) in [5.74, 6) is -1.65. The zero-order valence-corrected chi connectivity index (χ0v) is 20.5. The molecule has 0 aromatic heterocycles. The Morgan fingerprint density at radius 2 is 1.68 bits per heavy atom. The van der Waals surface area contributed by atoms with E-state index in [2.05, 4.69) is 10.6 Å². The number of nitrogens with one attached hydrogen (secondary N) is 2. The average molecular weight is 480 g/mol. The molecule has 5 amide bonds. The molecule has 190 valence electrons. The van der Waals surface area contributed by atoms with Crippen molar-refractivity contribution in [2.45, 2.75) is 71.8 Å². The fraction of sp³-hybridized carbons (Fsp3) is 0.565. The summed E-state index contributed by atoms with van der Waals surface area (Å²) in [4.78, 5) is 50.8. The van der Waals surface area contributed by atoms with Gasteiger partial charge in [0.1, 0.15) is 17.7 Å². The van der Waals surface area contributed by atoms with E-state index in [1.54, 1.807) is 58.9 Å².